The minimum Gasteiger partial charge on any atom is -0.465 e. The van der Waals surface area contributed by atoms with Gasteiger partial charge in [0.1, 0.15) is 5.92 Å². The molecule has 4 rings (SSSR count). The van der Waals surface area contributed by atoms with Gasteiger partial charge in [0, 0.05) is 5.56 Å². The molecule has 7 heteroatoms. The number of hydrogen-bond donors (Lipinski definition) is 0. The highest BCUT2D eigenvalue weighted by Crippen LogP contribution is 2.50. The molecule has 0 N–H and O–H groups in total. The van der Waals surface area contributed by atoms with Crippen molar-refractivity contribution in [1.82, 2.24) is 4.31 Å². The number of aryl methyl sites for hydroxylation is 1. The molecule has 2 heterocycles. The number of esters is 1. The van der Waals surface area contributed by atoms with E-state index in [2.05, 4.69) is 0 Å². The Morgan fingerprint density at radius 1 is 1.19 bits per heavy atom. The first kappa shape index (κ1) is 17.6. The minimum atomic E-state index is -4.11. The SMILES string of the molecule is CCOC(=O)[C@@H]1C=C2c3cc(C)ccc3OS(=O)(=O)N2[C@H]1c1ccccc1. The molecular weight excluding hydrogens is 366 g/mol. The van der Waals surface area contributed by atoms with Gasteiger partial charge in [-0.15, -0.1) is 0 Å². The van der Waals surface area contributed by atoms with Gasteiger partial charge in [0.25, 0.3) is 0 Å². The Balaban J connectivity index is 1.92. The van der Waals surface area contributed by atoms with Gasteiger partial charge in [0.05, 0.1) is 18.3 Å². The zero-order chi connectivity index (χ0) is 19.2. The minimum absolute atomic E-state index is 0.221. The van der Waals surface area contributed by atoms with Gasteiger partial charge in [-0.25, -0.2) is 4.31 Å². The standard InChI is InChI=1S/C20H19NO5S/c1-3-25-20(22)16-12-17-15-11-13(2)9-10-18(15)26-27(23,24)21(17)19(16)14-7-5-4-6-8-14/h4-12,16,19H,3H2,1-2H3/t16-,19+/m1/s1. The molecule has 0 aromatic heterocycles. The monoisotopic (exact) mass is 385 g/mol. The number of carbonyl (C=O) groups excluding carboxylic acids is 1. The van der Waals surface area contributed by atoms with Crippen molar-refractivity contribution >= 4 is 22.0 Å². The Morgan fingerprint density at radius 2 is 1.93 bits per heavy atom. The van der Waals surface area contributed by atoms with Gasteiger partial charge >= 0.3 is 16.3 Å². The highest BCUT2D eigenvalue weighted by molar-refractivity contribution is 7.85. The van der Waals surface area contributed by atoms with E-state index in [1.807, 2.05) is 31.2 Å². The predicted octanol–water partition coefficient (Wildman–Crippen LogP) is 3.21. The van der Waals surface area contributed by atoms with E-state index in [0.29, 0.717) is 16.8 Å². The maximum absolute atomic E-state index is 12.9. The van der Waals surface area contributed by atoms with Crippen LogP contribution in [0.15, 0.2) is 54.6 Å². The Kier molecular flexibility index (Phi) is 4.19. The van der Waals surface area contributed by atoms with Gasteiger partial charge in [-0.2, -0.15) is 8.42 Å². The van der Waals surface area contributed by atoms with E-state index in [1.165, 1.54) is 4.31 Å². The molecule has 0 radical (unpaired) electrons. The van der Waals surface area contributed by atoms with E-state index in [9.17, 15) is 13.2 Å². The third-order valence-corrected chi connectivity index (χ3v) is 6.01. The smallest absolute Gasteiger partial charge is 0.410 e. The van der Waals surface area contributed by atoms with Crippen LogP contribution in [0.4, 0.5) is 0 Å². The molecule has 2 aliphatic rings. The molecule has 6 nitrogen and oxygen atoms in total. The maximum atomic E-state index is 12.9. The van der Waals surface area contributed by atoms with E-state index < -0.39 is 28.2 Å². The summed E-state index contributed by atoms with van der Waals surface area (Å²) in [5, 5.41) is 0. The molecule has 0 bridgehead atoms. The van der Waals surface area contributed by atoms with E-state index in [1.54, 1.807) is 37.3 Å². The number of hydrogen-bond acceptors (Lipinski definition) is 5. The van der Waals surface area contributed by atoms with Gasteiger partial charge in [-0.3, -0.25) is 4.79 Å². The van der Waals surface area contributed by atoms with Crippen LogP contribution in [0.2, 0.25) is 0 Å². The number of carbonyl (C=O) groups is 1. The van der Waals surface area contributed by atoms with Crippen molar-refractivity contribution in [3.05, 3.63) is 71.3 Å². The fourth-order valence-corrected chi connectivity index (χ4v) is 4.98. The van der Waals surface area contributed by atoms with Gasteiger partial charge in [-0.1, -0.05) is 42.0 Å². The summed E-state index contributed by atoms with van der Waals surface area (Å²) in [4.78, 5) is 12.6. The Hall–Kier alpha value is -2.80. The summed E-state index contributed by atoms with van der Waals surface area (Å²) in [6.45, 7) is 3.86. The molecule has 0 fully saturated rings. The number of fused-ring (bicyclic) bond motifs is 3. The average Bonchev–Trinajstić information content (AvgIpc) is 3.05. The lowest BCUT2D eigenvalue weighted by molar-refractivity contribution is -0.147. The van der Waals surface area contributed by atoms with Crippen LogP contribution in [0.25, 0.3) is 5.70 Å². The van der Waals surface area contributed by atoms with Crippen LogP contribution in [0.5, 0.6) is 5.75 Å². The Morgan fingerprint density at radius 3 is 2.63 bits per heavy atom. The van der Waals surface area contributed by atoms with Gasteiger partial charge in [0.2, 0.25) is 0 Å². The second-order valence-corrected chi connectivity index (χ2v) is 7.94. The summed E-state index contributed by atoms with van der Waals surface area (Å²) < 4.78 is 37.6. The number of nitrogens with zero attached hydrogens (tertiary/aromatic N) is 1. The molecule has 27 heavy (non-hydrogen) atoms. The molecule has 0 saturated heterocycles. The van der Waals surface area contributed by atoms with Crippen LogP contribution in [-0.2, 0) is 19.8 Å². The lowest BCUT2D eigenvalue weighted by atomic mass is 9.95. The van der Waals surface area contributed by atoms with E-state index in [-0.39, 0.29) is 12.4 Å². The van der Waals surface area contributed by atoms with E-state index in [4.69, 9.17) is 8.92 Å². The van der Waals surface area contributed by atoms with Crippen molar-refractivity contribution in [3.63, 3.8) is 0 Å². The van der Waals surface area contributed by atoms with Crippen molar-refractivity contribution in [2.45, 2.75) is 19.9 Å². The Labute approximate surface area is 158 Å². The van der Waals surface area contributed by atoms with Crippen molar-refractivity contribution < 1.29 is 22.1 Å². The summed E-state index contributed by atoms with van der Waals surface area (Å²) in [5.41, 5.74) is 2.77. The molecule has 0 amide bonds. The quantitative estimate of drug-likeness (QED) is 0.759. The topological polar surface area (TPSA) is 72.9 Å². The molecule has 0 unspecified atom stereocenters. The third-order valence-electron chi connectivity index (χ3n) is 4.71. The first-order chi connectivity index (χ1) is 12.9. The van der Waals surface area contributed by atoms with Gasteiger partial charge in [0.15, 0.2) is 5.75 Å². The largest absolute Gasteiger partial charge is 0.465 e. The van der Waals surface area contributed by atoms with Crippen LogP contribution in [0.3, 0.4) is 0 Å². The number of ether oxygens (including phenoxy) is 1. The second kappa shape index (κ2) is 6.42. The van der Waals surface area contributed by atoms with Gasteiger partial charge < -0.3 is 8.92 Å². The highest BCUT2D eigenvalue weighted by Gasteiger charge is 2.50. The van der Waals surface area contributed by atoms with Crippen molar-refractivity contribution in [1.29, 1.82) is 0 Å². The van der Waals surface area contributed by atoms with E-state index in [0.717, 1.165) is 5.56 Å². The van der Waals surface area contributed by atoms with Crippen molar-refractivity contribution in [2.75, 3.05) is 6.61 Å². The summed E-state index contributed by atoms with van der Waals surface area (Å²) in [5.74, 6) is -0.954. The lowest BCUT2D eigenvalue weighted by Gasteiger charge is -2.34. The lowest BCUT2D eigenvalue weighted by Crippen LogP contribution is -2.39. The molecule has 2 aromatic rings. The molecular formula is C20H19NO5S. The predicted molar refractivity (Wildman–Crippen MR) is 99.8 cm³/mol. The molecule has 2 aliphatic heterocycles. The second-order valence-electron chi connectivity index (χ2n) is 6.52. The van der Waals surface area contributed by atoms with Crippen LogP contribution >= 0.6 is 0 Å². The zero-order valence-corrected chi connectivity index (χ0v) is 15.8. The van der Waals surface area contributed by atoms with Crippen LogP contribution in [0, 0.1) is 12.8 Å². The first-order valence-corrected chi connectivity index (χ1v) is 10.1. The highest BCUT2D eigenvalue weighted by atomic mass is 32.2. The van der Waals surface area contributed by atoms with Crippen molar-refractivity contribution in [2.24, 2.45) is 5.92 Å². The molecule has 2 atom stereocenters. The van der Waals surface area contributed by atoms with Crippen molar-refractivity contribution in [3.8, 4) is 5.75 Å². The molecule has 140 valence electrons. The molecule has 2 aromatic carbocycles. The number of rotatable bonds is 3. The Bertz CT molecular complexity index is 1030. The molecule has 0 aliphatic carbocycles. The maximum Gasteiger partial charge on any atom is 0.410 e. The average molecular weight is 385 g/mol. The summed E-state index contributed by atoms with van der Waals surface area (Å²) in [6.07, 6.45) is 1.67. The zero-order valence-electron chi connectivity index (χ0n) is 15.0. The fourth-order valence-electron chi connectivity index (χ4n) is 3.60. The summed E-state index contributed by atoms with van der Waals surface area (Å²) >= 11 is 0. The third kappa shape index (κ3) is 2.88. The normalized spacial score (nSPS) is 22.3. The van der Waals surface area contributed by atoms with Crippen LogP contribution in [0.1, 0.15) is 29.7 Å². The fraction of sp³-hybridized carbons (Fsp3) is 0.250. The van der Waals surface area contributed by atoms with Crippen LogP contribution < -0.4 is 4.18 Å². The number of benzene rings is 2. The molecule has 0 spiro atoms. The summed E-state index contributed by atoms with van der Waals surface area (Å²) in [7, 11) is -4.11. The summed E-state index contributed by atoms with van der Waals surface area (Å²) in [6, 6.07) is 13.6. The molecule has 0 saturated carbocycles. The van der Waals surface area contributed by atoms with Crippen LogP contribution in [-0.4, -0.2) is 25.3 Å². The van der Waals surface area contributed by atoms with E-state index >= 15 is 0 Å². The van der Waals surface area contributed by atoms with Gasteiger partial charge in [-0.05, 0) is 37.6 Å². The first-order valence-electron chi connectivity index (χ1n) is 8.70.